The van der Waals surface area contributed by atoms with Crippen molar-refractivity contribution in [2.45, 2.75) is 12.8 Å². The summed E-state index contributed by atoms with van der Waals surface area (Å²) in [6.45, 7) is 0.285. The SMILES string of the molecule is CN(CCc1ccncc1)C(=O)C(F)F. The minimum absolute atomic E-state index is 0.285. The molecule has 1 aromatic rings. The fourth-order valence-corrected chi connectivity index (χ4v) is 1.12. The van der Waals surface area contributed by atoms with Crippen molar-refractivity contribution in [1.82, 2.24) is 9.88 Å². The molecule has 0 radical (unpaired) electrons. The number of carbonyl (C=O) groups is 1. The molecule has 1 amide bonds. The van der Waals surface area contributed by atoms with Crippen molar-refractivity contribution in [1.29, 1.82) is 0 Å². The Kier molecular flexibility index (Phi) is 4.15. The first-order valence-corrected chi connectivity index (χ1v) is 4.53. The van der Waals surface area contributed by atoms with Gasteiger partial charge in [0.1, 0.15) is 0 Å². The first-order chi connectivity index (χ1) is 7.11. The molecular weight excluding hydrogens is 202 g/mol. The molecule has 3 nitrogen and oxygen atoms in total. The van der Waals surface area contributed by atoms with Gasteiger partial charge < -0.3 is 4.90 Å². The van der Waals surface area contributed by atoms with Gasteiger partial charge in [0.2, 0.25) is 0 Å². The highest BCUT2D eigenvalue weighted by Crippen LogP contribution is 2.02. The molecule has 1 aromatic heterocycles. The van der Waals surface area contributed by atoms with Crippen LogP contribution in [0.5, 0.6) is 0 Å². The smallest absolute Gasteiger partial charge is 0.315 e. The molecule has 5 heteroatoms. The number of nitrogens with zero attached hydrogens (tertiary/aromatic N) is 2. The molecule has 0 aliphatic rings. The van der Waals surface area contributed by atoms with Crippen molar-refractivity contribution in [3.05, 3.63) is 30.1 Å². The van der Waals surface area contributed by atoms with Gasteiger partial charge in [-0.25, -0.2) is 0 Å². The van der Waals surface area contributed by atoms with E-state index in [0.29, 0.717) is 6.42 Å². The van der Waals surface area contributed by atoms with Gasteiger partial charge in [0.15, 0.2) is 0 Å². The number of halogens is 2. The van der Waals surface area contributed by atoms with Crippen LogP contribution in [0.25, 0.3) is 0 Å². The summed E-state index contributed by atoms with van der Waals surface area (Å²) in [4.78, 5) is 15.7. The van der Waals surface area contributed by atoms with E-state index in [2.05, 4.69) is 4.98 Å². The highest BCUT2D eigenvalue weighted by molar-refractivity contribution is 5.78. The summed E-state index contributed by atoms with van der Waals surface area (Å²) >= 11 is 0. The Bertz CT molecular complexity index is 316. The van der Waals surface area contributed by atoms with Crippen LogP contribution in [0, 0.1) is 0 Å². The quantitative estimate of drug-likeness (QED) is 0.758. The summed E-state index contributed by atoms with van der Waals surface area (Å²) in [6, 6.07) is 3.58. The Morgan fingerprint density at radius 2 is 2.07 bits per heavy atom. The number of likely N-dealkylation sites (N-methyl/N-ethyl adjacent to an activating group) is 1. The second-order valence-corrected chi connectivity index (χ2v) is 3.17. The van der Waals surface area contributed by atoms with Gasteiger partial charge in [-0.3, -0.25) is 9.78 Å². The molecule has 0 fully saturated rings. The Hall–Kier alpha value is -1.52. The molecule has 0 unspecified atom stereocenters. The van der Waals surface area contributed by atoms with Crippen LogP contribution in [-0.4, -0.2) is 35.8 Å². The number of hydrogen-bond acceptors (Lipinski definition) is 2. The lowest BCUT2D eigenvalue weighted by molar-refractivity contribution is -0.141. The van der Waals surface area contributed by atoms with Crippen molar-refractivity contribution < 1.29 is 13.6 Å². The van der Waals surface area contributed by atoms with E-state index in [1.54, 1.807) is 24.5 Å². The van der Waals surface area contributed by atoms with E-state index in [1.807, 2.05) is 0 Å². The number of aromatic nitrogens is 1. The molecule has 0 saturated heterocycles. The van der Waals surface area contributed by atoms with Gasteiger partial charge in [0.25, 0.3) is 5.91 Å². The molecule has 1 heterocycles. The zero-order valence-corrected chi connectivity index (χ0v) is 8.36. The average Bonchev–Trinajstić information content (AvgIpc) is 2.26. The Morgan fingerprint density at radius 1 is 1.47 bits per heavy atom. The maximum Gasteiger partial charge on any atom is 0.315 e. The highest BCUT2D eigenvalue weighted by atomic mass is 19.3. The van der Waals surface area contributed by atoms with E-state index in [4.69, 9.17) is 0 Å². The van der Waals surface area contributed by atoms with E-state index in [0.717, 1.165) is 10.5 Å². The lowest BCUT2D eigenvalue weighted by Gasteiger charge is -2.16. The van der Waals surface area contributed by atoms with Crippen LogP contribution in [0.3, 0.4) is 0 Å². The van der Waals surface area contributed by atoms with Crippen molar-refractivity contribution in [3.8, 4) is 0 Å². The molecule has 0 N–H and O–H groups in total. The molecule has 0 aliphatic carbocycles. The Morgan fingerprint density at radius 3 is 2.60 bits per heavy atom. The molecule has 0 aromatic carbocycles. The number of amides is 1. The van der Waals surface area contributed by atoms with Crippen LogP contribution in [-0.2, 0) is 11.2 Å². The fourth-order valence-electron chi connectivity index (χ4n) is 1.12. The minimum Gasteiger partial charge on any atom is -0.340 e. The topological polar surface area (TPSA) is 33.2 Å². The van der Waals surface area contributed by atoms with Crippen molar-refractivity contribution in [2.24, 2.45) is 0 Å². The highest BCUT2D eigenvalue weighted by Gasteiger charge is 2.19. The standard InChI is InChI=1S/C10H12F2N2O/c1-14(10(15)9(11)12)7-4-8-2-5-13-6-3-8/h2-3,5-6,9H,4,7H2,1H3. The van der Waals surface area contributed by atoms with Crippen molar-refractivity contribution >= 4 is 5.91 Å². The Labute approximate surface area is 86.7 Å². The molecule has 82 valence electrons. The first-order valence-electron chi connectivity index (χ1n) is 4.53. The summed E-state index contributed by atoms with van der Waals surface area (Å²) in [7, 11) is 1.37. The fraction of sp³-hybridized carbons (Fsp3) is 0.400. The predicted molar refractivity (Wildman–Crippen MR) is 51.6 cm³/mol. The number of alkyl halides is 2. The van der Waals surface area contributed by atoms with Gasteiger partial charge in [-0.05, 0) is 24.1 Å². The zero-order valence-electron chi connectivity index (χ0n) is 8.36. The number of hydrogen-bond donors (Lipinski definition) is 0. The molecule has 0 atom stereocenters. The van der Waals surface area contributed by atoms with E-state index in [-0.39, 0.29) is 6.54 Å². The minimum atomic E-state index is -2.92. The monoisotopic (exact) mass is 214 g/mol. The van der Waals surface area contributed by atoms with Gasteiger partial charge in [-0.2, -0.15) is 8.78 Å². The summed E-state index contributed by atoms with van der Waals surface area (Å²) in [5.74, 6) is -1.14. The lowest BCUT2D eigenvalue weighted by atomic mass is 10.2. The molecule has 0 bridgehead atoms. The van der Waals surface area contributed by atoms with Crippen LogP contribution in [0.4, 0.5) is 8.78 Å². The number of rotatable bonds is 4. The molecule has 0 saturated carbocycles. The zero-order chi connectivity index (χ0) is 11.3. The first kappa shape index (κ1) is 11.6. The third kappa shape index (κ3) is 3.61. The molecule has 1 rings (SSSR count). The van der Waals surface area contributed by atoms with Gasteiger partial charge in [-0.1, -0.05) is 0 Å². The van der Waals surface area contributed by atoms with E-state index in [9.17, 15) is 13.6 Å². The van der Waals surface area contributed by atoms with Gasteiger partial charge >= 0.3 is 6.43 Å². The van der Waals surface area contributed by atoms with Crippen molar-refractivity contribution in [3.63, 3.8) is 0 Å². The normalized spacial score (nSPS) is 10.4. The maximum atomic E-state index is 12.0. The lowest BCUT2D eigenvalue weighted by Crippen LogP contribution is -2.33. The predicted octanol–water partition coefficient (Wildman–Crippen LogP) is 1.35. The third-order valence-corrected chi connectivity index (χ3v) is 2.05. The van der Waals surface area contributed by atoms with Crippen molar-refractivity contribution in [2.75, 3.05) is 13.6 Å². The Balaban J connectivity index is 2.41. The van der Waals surface area contributed by atoms with Gasteiger partial charge in [0, 0.05) is 26.0 Å². The average molecular weight is 214 g/mol. The second-order valence-electron chi connectivity index (χ2n) is 3.17. The second kappa shape index (κ2) is 5.38. The molecule has 0 spiro atoms. The number of pyridine rings is 1. The van der Waals surface area contributed by atoms with Gasteiger partial charge in [-0.15, -0.1) is 0 Å². The van der Waals surface area contributed by atoms with Crippen LogP contribution < -0.4 is 0 Å². The van der Waals surface area contributed by atoms with Crippen LogP contribution in [0.2, 0.25) is 0 Å². The van der Waals surface area contributed by atoms with Crippen LogP contribution in [0.15, 0.2) is 24.5 Å². The van der Waals surface area contributed by atoms with E-state index < -0.39 is 12.3 Å². The largest absolute Gasteiger partial charge is 0.340 e. The van der Waals surface area contributed by atoms with Crippen LogP contribution in [0.1, 0.15) is 5.56 Å². The molecule has 0 aliphatic heterocycles. The summed E-state index contributed by atoms with van der Waals surface area (Å²) in [6.07, 6.45) is 0.888. The summed E-state index contributed by atoms with van der Waals surface area (Å²) in [5.41, 5.74) is 0.971. The van der Waals surface area contributed by atoms with E-state index in [1.165, 1.54) is 7.05 Å². The van der Waals surface area contributed by atoms with E-state index >= 15 is 0 Å². The maximum absolute atomic E-state index is 12.0. The molecular formula is C10H12F2N2O. The van der Waals surface area contributed by atoms with Gasteiger partial charge in [0.05, 0.1) is 0 Å². The summed E-state index contributed by atoms with van der Waals surface area (Å²) < 4.78 is 24.0. The van der Waals surface area contributed by atoms with Crippen LogP contribution >= 0.6 is 0 Å². The number of carbonyl (C=O) groups excluding carboxylic acids is 1. The third-order valence-electron chi connectivity index (χ3n) is 2.05. The summed E-state index contributed by atoms with van der Waals surface area (Å²) in [5, 5.41) is 0. The molecule has 15 heavy (non-hydrogen) atoms.